The van der Waals surface area contributed by atoms with Crippen LogP contribution in [0, 0.1) is 17.7 Å². The normalized spacial score (nSPS) is 9.42. The molecule has 0 amide bonds. The van der Waals surface area contributed by atoms with E-state index in [2.05, 4.69) is 0 Å². The van der Waals surface area contributed by atoms with E-state index in [1.807, 2.05) is 19.1 Å². The van der Waals surface area contributed by atoms with Crippen molar-refractivity contribution in [3.8, 4) is 0 Å². The Labute approximate surface area is 71.2 Å². The molecule has 0 saturated carbocycles. The van der Waals surface area contributed by atoms with E-state index in [1.165, 1.54) is 6.21 Å². The summed E-state index contributed by atoms with van der Waals surface area (Å²) in [7, 11) is 0. The molecule has 0 heterocycles. The Kier molecular flexibility index (Phi) is 2.24. The summed E-state index contributed by atoms with van der Waals surface area (Å²) in [6.45, 7) is 1.90. The Balaban J connectivity index is 3.37. The van der Waals surface area contributed by atoms with Crippen molar-refractivity contribution < 1.29 is 0 Å². The summed E-state index contributed by atoms with van der Waals surface area (Å²) >= 11 is 0. The van der Waals surface area contributed by atoms with E-state index in [1.54, 1.807) is 6.07 Å². The average Bonchev–Trinajstić information content (AvgIpc) is 2.03. The van der Waals surface area contributed by atoms with Crippen molar-refractivity contribution in [3.05, 3.63) is 34.9 Å². The quantitative estimate of drug-likeness (QED) is 0.443. The molecule has 0 unspecified atom stereocenters. The number of nitrogens with one attached hydrogen (secondary N) is 2. The van der Waals surface area contributed by atoms with E-state index >= 15 is 0 Å². The molecule has 0 atom stereocenters. The van der Waals surface area contributed by atoms with E-state index in [0.717, 1.165) is 11.1 Å². The maximum absolute atomic E-state index is 7.25. The predicted octanol–water partition coefficient (Wildman–Crippen LogP) is 1.28. The van der Waals surface area contributed by atoms with Crippen LogP contribution in [-0.2, 0) is 0 Å². The van der Waals surface area contributed by atoms with Crippen LogP contribution in [0.5, 0.6) is 0 Å². The van der Waals surface area contributed by atoms with Gasteiger partial charge in [-0.3, -0.25) is 5.41 Å². The van der Waals surface area contributed by atoms with E-state index < -0.39 is 0 Å². The monoisotopic (exact) mass is 161 g/mol. The molecule has 0 radical (unpaired) electrons. The van der Waals surface area contributed by atoms with Crippen LogP contribution in [0.25, 0.3) is 0 Å². The van der Waals surface area contributed by atoms with Crippen LogP contribution in [0.3, 0.4) is 0 Å². The van der Waals surface area contributed by atoms with Gasteiger partial charge in [0.2, 0.25) is 0 Å². The van der Waals surface area contributed by atoms with Gasteiger partial charge >= 0.3 is 0 Å². The average molecular weight is 161 g/mol. The Morgan fingerprint density at radius 1 is 1.50 bits per heavy atom. The highest BCUT2D eigenvalue weighted by atomic mass is 14.7. The van der Waals surface area contributed by atoms with Crippen LogP contribution in [0.4, 0.5) is 0 Å². The van der Waals surface area contributed by atoms with Crippen molar-refractivity contribution in [1.82, 2.24) is 0 Å². The van der Waals surface area contributed by atoms with Crippen molar-refractivity contribution in [3.63, 3.8) is 0 Å². The zero-order valence-electron chi connectivity index (χ0n) is 6.89. The lowest BCUT2D eigenvalue weighted by molar-refractivity contribution is 1.37. The lowest BCUT2D eigenvalue weighted by atomic mass is 10.0. The Morgan fingerprint density at radius 3 is 2.58 bits per heavy atom. The lowest BCUT2D eigenvalue weighted by Gasteiger charge is -2.05. The fraction of sp³-hybridized carbons (Fsp3) is 0.111. The maximum atomic E-state index is 7.25. The van der Waals surface area contributed by atoms with Crippen molar-refractivity contribution in [2.75, 3.05) is 0 Å². The largest absolute Gasteiger partial charge is 0.384 e. The molecular formula is C9H11N3. The van der Waals surface area contributed by atoms with E-state index in [0.29, 0.717) is 5.56 Å². The summed E-state index contributed by atoms with van der Waals surface area (Å²) in [5.74, 6) is 0.0113. The number of benzene rings is 1. The number of hydrogen-bond acceptors (Lipinski definition) is 2. The van der Waals surface area contributed by atoms with Gasteiger partial charge in [0.05, 0.1) is 0 Å². The maximum Gasteiger partial charge on any atom is 0.123 e. The van der Waals surface area contributed by atoms with E-state index in [-0.39, 0.29) is 5.84 Å². The molecule has 1 rings (SSSR count). The van der Waals surface area contributed by atoms with Crippen LogP contribution in [0.1, 0.15) is 16.7 Å². The summed E-state index contributed by atoms with van der Waals surface area (Å²) in [6.07, 6.45) is 1.23. The van der Waals surface area contributed by atoms with Gasteiger partial charge in [0.1, 0.15) is 5.84 Å². The second kappa shape index (κ2) is 3.17. The van der Waals surface area contributed by atoms with E-state index in [9.17, 15) is 0 Å². The summed E-state index contributed by atoms with van der Waals surface area (Å²) < 4.78 is 0. The van der Waals surface area contributed by atoms with Gasteiger partial charge in [-0.05, 0) is 12.5 Å². The van der Waals surface area contributed by atoms with E-state index in [4.69, 9.17) is 16.6 Å². The molecular weight excluding hydrogens is 150 g/mol. The minimum Gasteiger partial charge on any atom is -0.384 e. The van der Waals surface area contributed by atoms with Crippen LogP contribution < -0.4 is 5.73 Å². The third kappa shape index (κ3) is 1.34. The second-order valence-corrected chi connectivity index (χ2v) is 2.59. The highest BCUT2D eigenvalue weighted by Crippen LogP contribution is 2.10. The summed E-state index contributed by atoms with van der Waals surface area (Å²) in [4.78, 5) is 0. The minimum absolute atomic E-state index is 0.0113. The molecule has 0 spiro atoms. The molecule has 62 valence electrons. The Bertz CT molecular complexity index is 329. The molecule has 1 aromatic rings. The topological polar surface area (TPSA) is 73.7 Å². The zero-order chi connectivity index (χ0) is 9.14. The second-order valence-electron chi connectivity index (χ2n) is 2.59. The number of aryl methyl sites for hydroxylation is 1. The molecule has 0 aliphatic rings. The van der Waals surface area contributed by atoms with Crippen molar-refractivity contribution in [2.24, 2.45) is 5.73 Å². The fourth-order valence-corrected chi connectivity index (χ4v) is 1.11. The molecule has 12 heavy (non-hydrogen) atoms. The molecule has 0 aliphatic carbocycles. The lowest BCUT2D eigenvalue weighted by Crippen LogP contribution is -2.14. The first-order chi connectivity index (χ1) is 5.66. The molecule has 0 saturated heterocycles. The zero-order valence-corrected chi connectivity index (χ0v) is 6.89. The smallest absolute Gasteiger partial charge is 0.123 e. The van der Waals surface area contributed by atoms with Crippen molar-refractivity contribution in [1.29, 1.82) is 10.8 Å². The molecule has 3 heteroatoms. The molecule has 4 N–H and O–H groups in total. The highest BCUT2D eigenvalue weighted by molar-refractivity contribution is 6.03. The molecule has 0 aromatic heterocycles. The number of hydrogen-bond donors (Lipinski definition) is 3. The highest BCUT2D eigenvalue weighted by Gasteiger charge is 2.04. The summed E-state index contributed by atoms with van der Waals surface area (Å²) in [5, 5.41) is 14.4. The van der Waals surface area contributed by atoms with Gasteiger partial charge < -0.3 is 11.1 Å². The number of nitrogens with two attached hydrogens (primary N) is 1. The number of rotatable bonds is 2. The third-order valence-electron chi connectivity index (χ3n) is 1.76. The predicted molar refractivity (Wildman–Crippen MR) is 50.1 cm³/mol. The SMILES string of the molecule is Cc1cccc(C(=N)N)c1C=N. The molecule has 0 bridgehead atoms. The summed E-state index contributed by atoms with van der Waals surface area (Å²) in [5.41, 5.74) is 7.67. The first kappa shape index (κ1) is 8.46. The van der Waals surface area contributed by atoms with Crippen LogP contribution >= 0.6 is 0 Å². The first-order valence-electron chi connectivity index (χ1n) is 3.61. The van der Waals surface area contributed by atoms with Gasteiger partial charge in [0.25, 0.3) is 0 Å². The van der Waals surface area contributed by atoms with Crippen molar-refractivity contribution >= 4 is 12.1 Å². The Hall–Kier alpha value is -1.64. The molecule has 0 fully saturated rings. The van der Waals surface area contributed by atoms with Gasteiger partial charge in [-0.1, -0.05) is 18.2 Å². The van der Waals surface area contributed by atoms with Gasteiger partial charge in [-0.2, -0.15) is 0 Å². The molecule has 0 aliphatic heterocycles. The van der Waals surface area contributed by atoms with Crippen LogP contribution in [-0.4, -0.2) is 12.1 Å². The first-order valence-corrected chi connectivity index (χ1v) is 3.61. The van der Waals surface area contributed by atoms with Gasteiger partial charge in [0.15, 0.2) is 0 Å². The number of nitrogen functional groups attached to an aromatic ring is 1. The van der Waals surface area contributed by atoms with Crippen LogP contribution in [0.15, 0.2) is 18.2 Å². The van der Waals surface area contributed by atoms with Crippen molar-refractivity contribution in [2.45, 2.75) is 6.92 Å². The van der Waals surface area contributed by atoms with Crippen LogP contribution in [0.2, 0.25) is 0 Å². The Morgan fingerprint density at radius 2 is 2.17 bits per heavy atom. The molecule has 1 aromatic carbocycles. The van der Waals surface area contributed by atoms with Gasteiger partial charge in [0, 0.05) is 17.3 Å². The van der Waals surface area contributed by atoms with Gasteiger partial charge in [-0.25, -0.2) is 0 Å². The summed E-state index contributed by atoms with van der Waals surface area (Å²) in [6, 6.07) is 5.47. The fourth-order valence-electron chi connectivity index (χ4n) is 1.11. The van der Waals surface area contributed by atoms with Gasteiger partial charge in [-0.15, -0.1) is 0 Å². The third-order valence-corrected chi connectivity index (χ3v) is 1.76. The standard InChI is InChI=1S/C9H11N3/c1-6-3-2-4-7(9(11)12)8(6)5-10/h2-5,10H,1H3,(H3,11,12). The molecule has 3 nitrogen and oxygen atoms in total. The number of amidine groups is 1. The minimum atomic E-state index is 0.0113.